The van der Waals surface area contributed by atoms with E-state index in [9.17, 15) is 19.5 Å². The highest BCUT2D eigenvalue weighted by Gasteiger charge is 2.41. The molecular weight excluding hydrogens is 456 g/mol. The molecule has 0 saturated carbocycles. The van der Waals surface area contributed by atoms with Crippen molar-refractivity contribution < 1.29 is 19.5 Å². The molecule has 2 amide bonds. The van der Waals surface area contributed by atoms with Crippen molar-refractivity contribution in [2.75, 3.05) is 18.4 Å². The predicted octanol–water partition coefficient (Wildman–Crippen LogP) is 4.07. The van der Waals surface area contributed by atoms with Gasteiger partial charge in [-0.25, -0.2) is 4.68 Å². The van der Waals surface area contributed by atoms with E-state index in [1.807, 2.05) is 66.7 Å². The first-order valence-electron chi connectivity index (χ1n) is 11.6. The molecule has 0 bridgehead atoms. The van der Waals surface area contributed by atoms with Crippen molar-refractivity contribution in [3.63, 3.8) is 0 Å². The third kappa shape index (κ3) is 4.61. The second-order valence-corrected chi connectivity index (χ2v) is 8.65. The Morgan fingerprint density at radius 3 is 2.08 bits per heavy atom. The van der Waals surface area contributed by atoms with E-state index in [1.165, 1.54) is 15.6 Å². The molecule has 4 aromatic rings. The quantitative estimate of drug-likeness (QED) is 0.433. The zero-order valence-corrected chi connectivity index (χ0v) is 19.3. The number of aliphatic carboxylic acids is 1. The third-order valence-corrected chi connectivity index (χ3v) is 6.36. The van der Waals surface area contributed by atoms with Crippen LogP contribution >= 0.6 is 0 Å². The van der Waals surface area contributed by atoms with Gasteiger partial charge >= 0.3 is 5.97 Å². The number of rotatable bonds is 6. The SMILES string of the molecule is O=C(Nc1cc(C(=O)N2C[C@H](C(=O)O)[C@@H](c3ccccc3)C2)nn1-c1ccccc1)c1ccccc1. The average molecular weight is 481 g/mol. The molecule has 180 valence electrons. The number of carbonyl (C=O) groups excluding carboxylic acids is 2. The van der Waals surface area contributed by atoms with E-state index in [0.29, 0.717) is 17.1 Å². The molecule has 1 saturated heterocycles. The minimum absolute atomic E-state index is 0.0810. The van der Waals surface area contributed by atoms with Crippen LogP contribution in [0.25, 0.3) is 5.69 Å². The van der Waals surface area contributed by atoms with Gasteiger partial charge in [0.2, 0.25) is 0 Å². The van der Waals surface area contributed by atoms with Crippen LogP contribution in [0.15, 0.2) is 97.1 Å². The van der Waals surface area contributed by atoms with Gasteiger partial charge in [-0.15, -0.1) is 0 Å². The van der Waals surface area contributed by atoms with Gasteiger partial charge in [0.25, 0.3) is 11.8 Å². The lowest BCUT2D eigenvalue weighted by Gasteiger charge is -2.15. The summed E-state index contributed by atoms with van der Waals surface area (Å²) in [5.41, 5.74) is 2.15. The smallest absolute Gasteiger partial charge is 0.308 e. The summed E-state index contributed by atoms with van der Waals surface area (Å²) in [6.45, 7) is 0.349. The van der Waals surface area contributed by atoms with Gasteiger partial charge < -0.3 is 15.3 Å². The standard InChI is InChI=1S/C28H24N4O4/c33-26(20-12-6-2-7-13-20)29-25-16-24(30-32(25)21-14-8-3-9-15-21)27(34)31-17-22(23(18-31)28(35)36)19-10-4-1-5-11-19/h1-16,22-23H,17-18H2,(H,29,33)(H,35,36)/t22-,23+/m1/s1. The molecule has 1 aromatic heterocycles. The van der Waals surface area contributed by atoms with E-state index >= 15 is 0 Å². The topological polar surface area (TPSA) is 105 Å². The lowest BCUT2D eigenvalue weighted by molar-refractivity contribution is -0.141. The zero-order valence-electron chi connectivity index (χ0n) is 19.3. The maximum Gasteiger partial charge on any atom is 0.308 e. The van der Waals surface area contributed by atoms with Crippen LogP contribution in [-0.4, -0.2) is 50.7 Å². The van der Waals surface area contributed by atoms with E-state index in [2.05, 4.69) is 10.4 Å². The van der Waals surface area contributed by atoms with E-state index in [-0.39, 0.29) is 36.5 Å². The minimum Gasteiger partial charge on any atom is -0.481 e. The average Bonchev–Trinajstić information content (AvgIpc) is 3.55. The Bertz CT molecular complexity index is 1390. The van der Waals surface area contributed by atoms with Gasteiger partial charge in [-0.3, -0.25) is 14.4 Å². The number of carboxylic acids is 1. The maximum absolute atomic E-state index is 13.5. The number of hydrogen-bond donors (Lipinski definition) is 2. The normalized spacial score (nSPS) is 17.1. The summed E-state index contributed by atoms with van der Waals surface area (Å²) in [6.07, 6.45) is 0. The Hall–Kier alpha value is -4.72. The molecule has 2 atom stereocenters. The van der Waals surface area contributed by atoms with Crippen molar-refractivity contribution in [1.82, 2.24) is 14.7 Å². The van der Waals surface area contributed by atoms with Crippen molar-refractivity contribution in [3.05, 3.63) is 114 Å². The molecule has 8 heteroatoms. The number of benzene rings is 3. The highest BCUT2D eigenvalue weighted by Crippen LogP contribution is 2.34. The number of carbonyl (C=O) groups is 3. The Labute approximate surface area is 207 Å². The molecule has 1 fully saturated rings. The van der Waals surface area contributed by atoms with E-state index in [0.717, 1.165) is 5.56 Å². The molecule has 8 nitrogen and oxygen atoms in total. The number of nitrogens with one attached hydrogen (secondary N) is 1. The molecule has 36 heavy (non-hydrogen) atoms. The number of likely N-dealkylation sites (tertiary alicyclic amines) is 1. The van der Waals surface area contributed by atoms with E-state index in [1.54, 1.807) is 24.3 Å². The first-order chi connectivity index (χ1) is 17.5. The third-order valence-electron chi connectivity index (χ3n) is 6.36. The molecule has 5 rings (SSSR count). The second-order valence-electron chi connectivity index (χ2n) is 8.65. The van der Waals surface area contributed by atoms with Gasteiger partial charge in [0.05, 0.1) is 11.6 Å². The second kappa shape index (κ2) is 9.87. The number of amides is 2. The molecular formula is C28H24N4O4. The Morgan fingerprint density at radius 2 is 1.44 bits per heavy atom. The number of aromatic nitrogens is 2. The lowest BCUT2D eigenvalue weighted by Crippen LogP contribution is -2.30. The Balaban J connectivity index is 1.45. The molecule has 0 radical (unpaired) electrons. The van der Waals surface area contributed by atoms with Crippen molar-refractivity contribution in [3.8, 4) is 5.69 Å². The minimum atomic E-state index is -0.940. The fraction of sp³-hybridized carbons (Fsp3) is 0.143. The highest BCUT2D eigenvalue weighted by atomic mass is 16.4. The number of nitrogens with zero attached hydrogens (tertiary/aromatic N) is 3. The van der Waals surface area contributed by atoms with Gasteiger partial charge in [-0.1, -0.05) is 66.7 Å². The fourth-order valence-corrected chi connectivity index (χ4v) is 4.54. The van der Waals surface area contributed by atoms with Crippen LogP contribution in [0, 0.1) is 5.92 Å². The van der Waals surface area contributed by atoms with Gasteiger partial charge in [0.15, 0.2) is 5.69 Å². The van der Waals surface area contributed by atoms with Crippen LogP contribution in [-0.2, 0) is 4.79 Å². The van der Waals surface area contributed by atoms with Crippen molar-refractivity contribution in [1.29, 1.82) is 0 Å². The van der Waals surface area contributed by atoms with Crippen molar-refractivity contribution in [2.45, 2.75) is 5.92 Å². The summed E-state index contributed by atoms with van der Waals surface area (Å²) in [6, 6.07) is 28.8. The van der Waals surface area contributed by atoms with Crippen LogP contribution in [0.5, 0.6) is 0 Å². The zero-order chi connectivity index (χ0) is 25.1. The molecule has 0 unspecified atom stereocenters. The van der Waals surface area contributed by atoms with Gasteiger partial charge in [0, 0.05) is 30.6 Å². The number of anilines is 1. The van der Waals surface area contributed by atoms with Crippen LogP contribution in [0.1, 0.15) is 32.3 Å². The van der Waals surface area contributed by atoms with Crippen LogP contribution in [0.2, 0.25) is 0 Å². The van der Waals surface area contributed by atoms with E-state index in [4.69, 9.17) is 0 Å². The summed E-state index contributed by atoms with van der Waals surface area (Å²) in [7, 11) is 0. The lowest BCUT2D eigenvalue weighted by atomic mass is 9.89. The van der Waals surface area contributed by atoms with Gasteiger partial charge in [-0.05, 0) is 29.8 Å². The number of para-hydroxylation sites is 1. The summed E-state index contributed by atoms with van der Waals surface area (Å²) in [4.78, 5) is 39.8. The van der Waals surface area contributed by atoms with Crippen LogP contribution in [0.3, 0.4) is 0 Å². The monoisotopic (exact) mass is 480 g/mol. The van der Waals surface area contributed by atoms with Crippen molar-refractivity contribution in [2.24, 2.45) is 5.92 Å². The summed E-state index contributed by atoms with van der Waals surface area (Å²) in [5.74, 6) is -2.35. The Morgan fingerprint density at radius 1 is 0.833 bits per heavy atom. The highest BCUT2D eigenvalue weighted by molar-refractivity contribution is 6.04. The van der Waals surface area contributed by atoms with Gasteiger partial charge in [-0.2, -0.15) is 5.10 Å². The first-order valence-corrected chi connectivity index (χ1v) is 11.6. The molecule has 2 N–H and O–H groups in total. The molecule has 0 spiro atoms. The van der Waals surface area contributed by atoms with Crippen LogP contribution < -0.4 is 5.32 Å². The predicted molar refractivity (Wildman–Crippen MR) is 134 cm³/mol. The Kier molecular flexibility index (Phi) is 6.32. The summed E-state index contributed by atoms with van der Waals surface area (Å²) >= 11 is 0. The fourth-order valence-electron chi connectivity index (χ4n) is 4.54. The van der Waals surface area contributed by atoms with Gasteiger partial charge in [0.1, 0.15) is 5.82 Å². The molecule has 0 aliphatic carbocycles. The molecule has 1 aliphatic heterocycles. The molecule has 1 aliphatic rings. The number of hydrogen-bond acceptors (Lipinski definition) is 4. The molecule has 2 heterocycles. The number of carboxylic acid groups (broad SMARTS) is 1. The van der Waals surface area contributed by atoms with Crippen molar-refractivity contribution >= 4 is 23.6 Å². The van der Waals surface area contributed by atoms with E-state index < -0.39 is 11.9 Å². The van der Waals surface area contributed by atoms with Crippen LogP contribution in [0.4, 0.5) is 5.82 Å². The maximum atomic E-state index is 13.5. The first kappa shape index (κ1) is 23.0. The summed E-state index contributed by atoms with van der Waals surface area (Å²) < 4.78 is 1.51. The summed E-state index contributed by atoms with van der Waals surface area (Å²) in [5, 5.41) is 17.2. The largest absolute Gasteiger partial charge is 0.481 e. The molecule has 3 aromatic carbocycles.